The summed E-state index contributed by atoms with van der Waals surface area (Å²) in [5, 5.41) is 0. The fourth-order valence-electron chi connectivity index (χ4n) is 3.47. The Bertz CT molecular complexity index is 752. The van der Waals surface area contributed by atoms with Gasteiger partial charge in [0, 0.05) is 0 Å². The zero-order valence-corrected chi connectivity index (χ0v) is 19.2. The number of hydrazine groups is 1. The first-order chi connectivity index (χ1) is 14.2. The van der Waals surface area contributed by atoms with Crippen molar-refractivity contribution in [3.05, 3.63) is 70.8 Å². The number of rotatable bonds is 8. The number of carbonyl (C=O) groups excluding carboxylic acids is 2. The average molecular weight is 409 g/mol. The van der Waals surface area contributed by atoms with Gasteiger partial charge in [0.05, 0.1) is 11.8 Å². The van der Waals surface area contributed by atoms with Crippen LogP contribution in [0.1, 0.15) is 75.6 Å². The highest BCUT2D eigenvalue weighted by atomic mass is 16.2. The van der Waals surface area contributed by atoms with Gasteiger partial charge in [-0.2, -0.15) is 0 Å². The molecule has 0 aliphatic rings. The van der Waals surface area contributed by atoms with Gasteiger partial charge >= 0.3 is 0 Å². The van der Waals surface area contributed by atoms with E-state index in [0.717, 1.165) is 24.0 Å². The van der Waals surface area contributed by atoms with Crippen LogP contribution in [0.15, 0.2) is 48.5 Å². The lowest BCUT2D eigenvalue weighted by Gasteiger charge is -2.17. The van der Waals surface area contributed by atoms with Gasteiger partial charge in [-0.1, -0.05) is 76.2 Å². The molecule has 0 unspecified atom stereocenters. The van der Waals surface area contributed by atoms with Crippen LogP contribution in [0.5, 0.6) is 0 Å². The van der Waals surface area contributed by atoms with E-state index >= 15 is 0 Å². The van der Waals surface area contributed by atoms with Crippen LogP contribution in [-0.2, 0) is 22.4 Å². The molecular formula is C26H36N2O2. The topological polar surface area (TPSA) is 58.2 Å². The number of nitrogens with one attached hydrogen (secondary N) is 2. The Morgan fingerprint density at radius 1 is 0.600 bits per heavy atom. The lowest BCUT2D eigenvalue weighted by molar-refractivity contribution is -0.130. The van der Waals surface area contributed by atoms with Crippen molar-refractivity contribution in [2.45, 2.75) is 66.2 Å². The molecule has 2 atom stereocenters. The third-order valence-electron chi connectivity index (χ3n) is 5.34. The van der Waals surface area contributed by atoms with E-state index in [-0.39, 0.29) is 23.7 Å². The number of carbonyl (C=O) groups is 2. The summed E-state index contributed by atoms with van der Waals surface area (Å²) in [7, 11) is 0. The fourth-order valence-corrected chi connectivity index (χ4v) is 3.47. The Labute approximate surface area is 181 Å². The summed E-state index contributed by atoms with van der Waals surface area (Å²) in [6, 6.07) is 16.3. The zero-order chi connectivity index (χ0) is 22.3. The molecular weight excluding hydrogens is 372 g/mol. The minimum atomic E-state index is -0.343. The van der Waals surface area contributed by atoms with Gasteiger partial charge < -0.3 is 0 Å². The maximum atomic E-state index is 12.5. The molecule has 0 aliphatic carbocycles. The van der Waals surface area contributed by atoms with Crippen LogP contribution in [-0.4, -0.2) is 11.8 Å². The monoisotopic (exact) mass is 408 g/mol. The Morgan fingerprint density at radius 2 is 0.900 bits per heavy atom. The molecule has 2 aromatic carbocycles. The summed E-state index contributed by atoms with van der Waals surface area (Å²) in [6.07, 6.45) is 2.04. The van der Waals surface area contributed by atoms with Crippen molar-refractivity contribution < 1.29 is 9.59 Å². The van der Waals surface area contributed by atoms with E-state index in [9.17, 15) is 9.59 Å². The van der Waals surface area contributed by atoms with Gasteiger partial charge in [-0.05, 0) is 60.8 Å². The first kappa shape index (κ1) is 23.7. The van der Waals surface area contributed by atoms with Crippen molar-refractivity contribution in [2.75, 3.05) is 0 Å². The van der Waals surface area contributed by atoms with Crippen molar-refractivity contribution >= 4 is 11.8 Å². The Balaban J connectivity index is 1.89. The Hall–Kier alpha value is -2.62. The number of hydrogen-bond acceptors (Lipinski definition) is 2. The van der Waals surface area contributed by atoms with Crippen molar-refractivity contribution in [3.8, 4) is 0 Å². The number of amides is 2. The highest BCUT2D eigenvalue weighted by Gasteiger charge is 2.19. The molecule has 0 fully saturated rings. The van der Waals surface area contributed by atoms with Gasteiger partial charge in [0.2, 0.25) is 11.8 Å². The average Bonchev–Trinajstić information content (AvgIpc) is 2.71. The van der Waals surface area contributed by atoms with Gasteiger partial charge in [0.25, 0.3) is 0 Å². The molecule has 0 bridgehead atoms. The van der Waals surface area contributed by atoms with Gasteiger partial charge in [-0.15, -0.1) is 0 Å². The van der Waals surface area contributed by atoms with Crippen molar-refractivity contribution in [3.63, 3.8) is 0 Å². The van der Waals surface area contributed by atoms with E-state index in [0.29, 0.717) is 11.8 Å². The van der Waals surface area contributed by atoms with Gasteiger partial charge in [-0.25, -0.2) is 0 Å². The molecule has 0 spiro atoms. The lowest BCUT2D eigenvalue weighted by atomic mass is 9.96. The Kier molecular flexibility index (Phi) is 8.64. The SMILES string of the molecule is CC(C)Cc1ccc([C@H](C)C(=O)NNC(=O)[C@@H](C)c2ccc(CC(C)C)cc2)cc1. The highest BCUT2D eigenvalue weighted by molar-refractivity contribution is 5.88. The molecule has 0 heterocycles. The van der Waals surface area contributed by atoms with Crippen LogP contribution < -0.4 is 10.9 Å². The van der Waals surface area contributed by atoms with Crippen LogP contribution in [0.3, 0.4) is 0 Å². The zero-order valence-electron chi connectivity index (χ0n) is 19.2. The lowest BCUT2D eigenvalue weighted by Crippen LogP contribution is -2.45. The van der Waals surface area contributed by atoms with E-state index in [2.05, 4.69) is 62.8 Å². The quantitative estimate of drug-likeness (QED) is 0.594. The maximum Gasteiger partial charge on any atom is 0.245 e. The summed E-state index contributed by atoms with van der Waals surface area (Å²) in [5.41, 5.74) is 9.55. The highest BCUT2D eigenvalue weighted by Crippen LogP contribution is 2.19. The summed E-state index contributed by atoms with van der Waals surface area (Å²) < 4.78 is 0. The second-order valence-corrected chi connectivity index (χ2v) is 9.10. The number of benzene rings is 2. The van der Waals surface area contributed by atoms with Crippen LogP contribution >= 0.6 is 0 Å². The molecule has 4 heteroatoms. The van der Waals surface area contributed by atoms with Crippen molar-refractivity contribution in [1.82, 2.24) is 10.9 Å². The summed E-state index contributed by atoms with van der Waals surface area (Å²) in [6.45, 7) is 12.4. The Morgan fingerprint density at radius 3 is 1.17 bits per heavy atom. The molecule has 0 radical (unpaired) electrons. The molecule has 0 saturated heterocycles. The molecule has 4 nitrogen and oxygen atoms in total. The van der Waals surface area contributed by atoms with Crippen LogP contribution in [0.25, 0.3) is 0 Å². The van der Waals surface area contributed by atoms with E-state index in [1.165, 1.54) is 11.1 Å². The summed E-state index contributed by atoms with van der Waals surface area (Å²) in [4.78, 5) is 25.0. The predicted octanol–water partition coefficient (Wildman–Crippen LogP) is 5.14. The maximum absolute atomic E-state index is 12.5. The molecule has 0 saturated carbocycles. The second kappa shape index (κ2) is 11.0. The largest absolute Gasteiger partial charge is 0.273 e. The summed E-state index contributed by atoms with van der Waals surface area (Å²) in [5.74, 6) is 0.0623. The van der Waals surface area contributed by atoms with Crippen LogP contribution in [0.4, 0.5) is 0 Å². The summed E-state index contributed by atoms with van der Waals surface area (Å²) >= 11 is 0. The first-order valence-electron chi connectivity index (χ1n) is 10.9. The number of hydrogen-bond donors (Lipinski definition) is 2. The van der Waals surface area contributed by atoms with E-state index < -0.39 is 0 Å². The van der Waals surface area contributed by atoms with Gasteiger partial charge in [-0.3, -0.25) is 20.4 Å². The molecule has 30 heavy (non-hydrogen) atoms. The van der Waals surface area contributed by atoms with Gasteiger partial charge in [0.1, 0.15) is 0 Å². The molecule has 0 aromatic heterocycles. The standard InChI is InChI=1S/C26H36N2O2/c1-17(2)15-21-7-11-23(12-8-21)19(5)25(29)27-28-26(30)20(6)24-13-9-22(10-14-24)16-18(3)4/h7-14,17-20H,15-16H2,1-6H3,(H,27,29)(H,28,30)/t19-,20-/m0/s1. The normalized spacial score (nSPS) is 13.2. The molecule has 0 aliphatic heterocycles. The van der Waals surface area contributed by atoms with E-state index in [1.54, 1.807) is 0 Å². The third kappa shape index (κ3) is 7.01. The fraction of sp³-hybridized carbons (Fsp3) is 0.462. The smallest absolute Gasteiger partial charge is 0.245 e. The molecule has 2 N–H and O–H groups in total. The minimum Gasteiger partial charge on any atom is -0.273 e. The third-order valence-corrected chi connectivity index (χ3v) is 5.34. The molecule has 162 valence electrons. The minimum absolute atomic E-state index is 0.223. The first-order valence-corrected chi connectivity index (χ1v) is 10.9. The van der Waals surface area contributed by atoms with E-state index in [4.69, 9.17) is 0 Å². The molecule has 2 amide bonds. The predicted molar refractivity (Wildman–Crippen MR) is 123 cm³/mol. The molecule has 2 aromatic rings. The van der Waals surface area contributed by atoms with Crippen LogP contribution in [0, 0.1) is 11.8 Å². The van der Waals surface area contributed by atoms with E-state index in [1.807, 2.05) is 38.1 Å². The van der Waals surface area contributed by atoms with Gasteiger partial charge in [0.15, 0.2) is 0 Å². The van der Waals surface area contributed by atoms with Crippen molar-refractivity contribution in [2.24, 2.45) is 11.8 Å². The van der Waals surface area contributed by atoms with Crippen LogP contribution in [0.2, 0.25) is 0 Å². The molecule has 2 rings (SSSR count). The van der Waals surface area contributed by atoms with Crippen molar-refractivity contribution in [1.29, 1.82) is 0 Å². The second-order valence-electron chi connectivity index (χ2n) is 9.10.